The van der Waals surface area contributed by atoms with Crippen molar-refractivity contribution in [3.63, 3.8) is 0 Å². The third-order valence-electron chi connectivity index (χ3n) is 4.15. The van der Waals surface area contributed by atoms with Crippen molar-refractivity contribution in [1.29, 1.82) is 0 Å². The third kappa shape index (κ3) is 2.50. The fraction of sp³-hybridized carbons (Fsp3) is 0.263. The van der Waals surface area contributed by atoms with E-state index in [-0.39, 0.29) is 12.2 Å². The van der Waals surface area contributed by atoms with Gasteiger partial charge in [-0.2, -0.15) is 0 Å². The van der Waals surface area contributed by atoms with Crippen molar-refractivity contribution in [2.24, 2.45) is 7.05 Å². The number of hydrogen-bond donors (Lipinski definition) is 0. The Morgan fingerprint density at radius 2 is 1.68 bits per heavy atom. The predicted molar refractivity (Wildman–Crippen MR) is 95.8 cm³/mol. The van der Waals surface area contributed by atoms with Crippen molar-refractivity contribution in [1.82, 2.24) is 4.57 Å². The number of fused-ring (bicyclic) bond motifs is 2. The zero-order valence-corrected chi connectivity index (χ0v) is 14.6. The number of ether oxygens (including phenoxy) is 3. The molecule has 0 amide bonds. The maximum absolute atomic E-state index is 13.0. The number of methoxy groups -OCH3 is 2. The molecule has 1 heterocycles. The maximum Gasteiger partial charge on any atom is 0.343 e. The number of rotatable bonds is 4. The molecule has 0 N–H and O–H groups in total. The van der Waals surface area contributed by atoms with Crippen molar-refractivity contribution < 1.29 is 19.0 Å². The second-order valence-corrected chi connectivity index (χ2v) is 5.54. The van der Waals surface area contributed by atoms with Gasteiger partial charge in [0.25, 0.3) is 0 Å². The van der Waals surface area contributed by atoms with Gasteiger partial charge in [-0.1, -0.05) is 24.3 Å². The molecule has 3 rings (SSSR count). The topological polar surface area (TPSA) is 66.8 Å². The number of carbonyl (C=O) groups is 1. The number of benzene rings is 2. The molecule has 0 bridgehead atoms. The van der Waals surface area contributed by atoms with Crippen molar-refractivity contribution in [2.75, 3.05) is 20.8 Å². The highest BCUT2D eigenvalue weighted by Gasteiger charge is 2.23. The van der Waals surface area contributed by atoms with Crippen LogP contribution >= 0.6 is 0 Å². The van der Waals surface area contributed by atoms with E-state index in [2.05, 4.69) is 0 Å². The lowest BCUT2D eigenvalue weighted by atomic mass is 10.0. The van der Waals surface area contributed by atoms with Gasteiger partial charge in [0.05, 0.1) is 31.7 Å². The van der Waals surface area contributed by atoms with E-state index in [4.69, 9.17) is 14.2 Å². The van der Waals surface area contributed by atoms with Crippen molar-refractivity contribution in [2.45, 2.75) is 6.92 Å². The predicted octanol–water partition coefficient (Wildman–Crippen LogP) is 2.89. The summed E-state index contributed by atoms with van der Waals surface area (Å²) < 4.78 is 17.8. The smallest absolute Gasteiger partial charge is 0.343 e. The van der Waals surface area contributed by atoms with E-state index >= 15 is 0 Å². The highest BCUT2D eigenvalue weighted by molar-refractivity contribution is 6.11. The lowest BCUT2D eigenvalue weighted by Crippen LogP contribution is -2.21. The van der Waals surface area contributed by atoms with Crippen LogP contribution in [0.25, 0.3) is 21.7 Å². The Kier molecular flexibility index (Phi) is 4.35. The molecule has 0 saturated carbocycles. The van der Waals surface area contributed by atoms with Crippen LogP contribution in [0.3, 0.4) is 0 Å². The molecule has 0 spiro atoms. The van der Waals surface area contributed by atoms with Gasteiger partial charge in [0.1, 0.15) is 11.3 Å². The van der Waals surface area contributed by atoms with Crippen LogP contribution in [0.1, 0.15) is 17.3 Å². The minimum Gasteiger partial charge on any atom is -0.495 e. The van der Waals surface area contributed by atoms with E-state index in [0.717, 1.165) is 10.8 Å². The summed E-state index contributed by atoms with van der Waals surface area (Å²) in [4.78, 5) is 25.2. The van der Waals surface area contributed by atoms with E-state index in [1.54, 1.807) is 25.6 Å². The highest BCUT2D eigenvalue weighted by atomic mass is 16.5. The zero-order valence-electron chi connectivity index (χ0n) is 14.6. The lowest BCUT2D eigenvalue weighted by molar-refractivity contribution is 0.0524. The summed E-state index contributed by atoms with van der Waals surface area (Å²) in [6.45, 7) is 1.89. The first-order chi connectivity index (χ1) is 12.0. The fourth-order valence-electron chi connectivity index (χ4n) is 3.13. The number of aryl methyl sites for hydroxylation is 1. The van der Waals surface area contributed by atoms with E-state index < -0.39 is 11.4 Å². The van der Waals surface area contributed by atoms with Gasteiger partial charge in [0.15, 0.2) is 5.75 Å². The van der Waals surface area contributed by atoms with Crippen LogP contribution in [0.5, 0.6) is 11.5 Å². The van der Waals surface area contributed by atoms with E-state index in [1.165, 1.54) is 13.3 Å². The summed E-state index contributed by atoms with van der Waals surface area (Å²) in [5.41, 5.74) is 0.0936. The first-order valence-electron chi connectivity index (χ1n) is 7.88. The molecule has 130 valence electrons. The molecular formula is C19H19NO5. The monoisotopic (exact) mass is 341 g/mol. The van der Waals surface area contributed by atoms with Crippen molar-refractivity contribution in [3.8, 4) is 11.5 Å². The van der Waals surface area contributed by atoms with Crippen LogP contribution in [0.2, 0.25) is 0 Å². The molecule has 0 aliphatic heterocycles. The summed E-state index contributed by atoms with van der Waals surface area (Å²) in [5.74, 6) is 0.318. The van der Waals surface area contributed by atoms with Gasteiger partial charge in [-0.25, -0.2) is 4.79 Å². The summed E-state index contributed by atoms with van der Waals surface area (Å²) >= 11 is 0. The lowest BCUT2D eigenvalue weighted by Gasteiger charge is -2.17. The largest absolute Gasteiger partial charge is 0.495 e. The zero-order chi connectivity index (χ0) is 18.1. The van der Waals surface area contributed by atoms with Gasteiger partial charge in [-0.15, -0.1) is 0 Å². The average Bonchev–Trinajstić information content (AvgIpc) is 2.62. The molecule has 0 unspecified atom stereocenters. The quantitative estimate of drug-likeness (QED) is 0.539. The Balaban J connectivity index is 2.57. The minimum atomic E-state index is -0.654. The molecule has 25 heavy (non-hydrogen) atoms. The number of carbonyl (C=O) groups excluding carboxylic acids is 1. The molecule has 6 nitrogen and oxygen atoms in total. The number of pyridine rings is 1. The van der Waals surface area contributed by atoms with Gasteiger partial charge >= 0.3 is 5.97 Å². The highest BCUT2D eigenvalue weighted by Crippen LogP contribution is 2.40. The Labute approximate surface area is 144 Å². The third-order valence-corrected chi connectivity index (χ3v) is 4.15. The Morgan fingerprint density at radius 1 is 1.08 bits per heavy atom. The van der Waals surface area contributed by atoms with Gasteiger partial charge < -0.3 is 18.8 Å². The van der Waals surface area contributed by atoms with Crippen LogP contribution in [0.15, 0.2) is 35.3 Å². The van der Waals surface area contributed by atoms with Crippen LogP contribution in [0.4, 0.5) is 0 Å². The Bertz CT molecular complexity index is 1040. The molecular weight excluding hydrogens is 322 g/mol. The van der Waals surface area contributed by atoms with Gasteiger partial charge in [0.2, 0.25) is 5.43 Å². The van der Waals surface area contributed by atoms with Crippen molar-refractivity contribution >= 4 is 27.6 Å². The molecule has 0 saturated heterocycles. The minimum absolute atomic E-state index is 0.0347. The Morgan fingerprint density at radius 3 is 2.24 bits per heavy atom. The number of hydrogen-bond acceptors (Lipinski definition) is 5. The summed E-state index contributed by atoms with van der Waals surface area (Å²) in [6.07, 6.45) is 1.47. The molecule has 0 aliphatic rings. The maximum atomic E-state index is 13.0. The fourth-order valence-corrected chi connectivity index (χ4v) is 3.13. The number of esters is 1. The molecule has 0 fully saturated rings. The number of nitrogens with zero attached hydrogens (tertiary/aromatic N) is 1. The first kappa shape index (κ1) is 16.8. The first-order valence-corrected chi connectivity index (χ1v) is 7.88. The van der Waals surface area contributed by atoms with Crippen LogP contribution < -0.4 is 14.9 Å². The van der Waals surface area contributed by atoms with Crippen LogP contribution in [-0.2, 0) is 11.8 Å². The summed E-state index contributed by atoms with van der Waals surface area (Å²) in [6, 6.07) is 7.50. The standard InChI is InChI=1S/C19H19NO5/c1-5-25-19(22)13-10-20(2)15-14(16(13)21)17(23-3)11-8-6-7-9-12(11)18(15)24-4/h6-10H,5H2,1-4H3. The number of aromatic nitrogens is 1. The van der Waals surface area contributed by atoms with E-state index in [0.29, 0.717) is 22.4 Å². The Hall–Kier alpha value is -3.02. The van der Waals surface area contributed by atoms with Crippen LogP contribution in [0, 0.1) is 0 Å². The normalized spacial score (nSPS) is 10.9. The van der Waals surface area contributed by atoms with Gasteiger partial charge in [-0.3, -0.25) is 4.79 Å². The molecule has 2 aromatic carbocycles. The average molecular weight is 341 g/mol. The van der Waals surface area contributed by atoms with Crippen LogP contribution in [-0.4, -0.2) is 31.4 Å². The van der Waals surface area contributed by atoms with Gasteiger partial charge in [-0.05, 0) is 6.92 Å². The molecule has 3 aromatic rings. The van der Waals surface area contributed by atoms with Gasteiger partial charge in [0, 0.05) is 24.0 Å². The summed E-state index contributed by atoms with van der Waals surface area (Å²) in [7, 11) is 4.81. The SMILES string of the molecule is CCOC(=O)c1cn(C)c2c(OC)c3ccccc3c(OC)c2c1=O. The van der Waals surface area contributed by atoms with E-state index in [1.807, 2.05) is 24.3 Å². The molecule has 0 radical (unpaired) electrons. The summed E-state index contributed by atoms with van der Waals surface area (Å²) in [5, 5.41) is 1.87. The molecule has 1 aromatic heterocycles. The molecule has 0 atom stereocenters. The van der Waals surface area contributed by atoms with E-state index in [9.17, 15) is 9.59 Å². The second kappa shape index (κ2) is 6.47. The second-order valence-electron chi connectivity index (χ2n) is 5.54. The van der Waals surface area contributed by atoms with Crippen molar-refractivity contribution in [3.05, 3.63) is 46.2 Å². The molecule has 0 aliphatic carbocycles. The molecule has 6 heteroatoms.